The minimum Gasteiger partial charge on any atom is -0.312 e. The standard InChI is InChI=1S/C9H15N5.C4H6.C2H6/c1-7(5-10-2)9-13-12-8-6-11-3-4-14(8)9;1-3-4-2;1-2/h5,7,11H,3-4,6H2,1-2H3;3-4H,1-2H2;1-2H3. The number of fused-ring (bicyclic) bond motifs is 1. The summed E-state index contributed by atoms with van der Waals surface area (Å²) in [4.78, 5) is 4.02. The minimum atomic E-state index is 0.249. The molecule has 1 aromatic rings. The zero-order valence-electron chi connectivity index (χ0n) is 13.1. The second-order valence-corrected chi connectivity index (χ2v) is 3.97. The van der Waals surface area contributed by atoms with Crippen molar-refractivity contribution in [2.24, 2.45) is 4.99 Å². The van der Waals surface area contributed by atoms with E-state index < -0.39 is 0 Å². The van der Waals surface area contributed by atoms with Crippen LogP contribution in [0.3, 0.4) is 0 Å². The number of aromatic nitrogens is 3. The fourth-order valence-corrected chi connectivity index (χ4v) is 1.74. The monoisotopic (exact) mass is 277 g/mol. The second-order valence-electron chi connectivity index (χ2n) is 3.97. The zero-order chi connectivity index (χ0) is 15.4. The van der Waals surface area contributed by atoms with Gasteiger partial charge in [0, 0.05) is 26.4 Å². The van der Waals surface area contributed by atoms with E-state index in [1.807, 2.05) is 20.1 Å². The summed E-state index contributed by atoms with van der Waals surface area (Å²) in [5, 5.41) is 11.6. The number of rotatable bonds is 3. The van der Waals surface area contributed by atoms with Gasteiger partial charge < -0.3 is 14.9 Å². The average Bonchev–Trinajstić information content (AvgIpc) is 2.94. The maximum Gasteiger partial charge on any atom is 0.147 e. The Morgan fingerprint density at radius 1 is 1.30 bits per heavy atom. The van der Waals surface area contributed by atoms with Crippen molar-refractivity contribution < 1.29 is 0 Å². The van der Waals surface area contributed by atoms with E-state index in [-0.39, 0.29) is 5.92 Å². The van der Waals surface area contributed by atoms with Crippen molar-refractivity contribution in [2.45, 2.75) is 39.8 Å². The van der Waals surface area contributed by atoms with E-state index in [9.17, 15) is 0 Å². The highest BCUT2D eigenvalue weighted by molar-refractivity contribution is 5.65. The lowest BCUT2D eigenvalue weighted by Crippen LogP contribution is -2.29. The first-order chi connectivity index (χ1) is 9.74. The molecule has 1 aliphatic heterocycles. The molecule has 0 bridgehead atoms. The summed E-state index contributed by atoms with van der Waals surface area (Å²) in [5.74, 6) is 2.30. The van der Waals surface area contributed by atoms with Crippen LogP contribution in [0.25, 0.3) is 0 Å². The summed E-state index contributed by atoms with van der Waals surface area (Å²) < 4.78 is 2.18. The Hall–Kier alpha value is -1.75. The molecule has 112 valence electrons. The first kappa shape index (κ1) is 18.2. The lowest BCUT2D eigenvalue weighted by molar-refractivity contribution is 0.492. The molecule has 0 aromatic carbocycles. The van der Waals surface area contributed by atoms with Crippen LogP contribution in [0.1, 0.15) is 38.3 Å². The Morgan fingerprint density at radius 2 is 1.95 bits per heavy atom. The topological polar surface area (TPSA) is 55.1 Å². The molecule has 0 amide bonds. The third kappa shape index (κ3) is 5.48. The average molecular weight is 277 g/mol. The minimum absolute atomic E-state index is 0.249. The van der Waals surface area contributed by atoms with Gasteiger partial charge in [-0.2, -0.15) is 0 Å². The Balaban J connectivity index is 0.000000521. The van der Waals surface area contributed by atoms with Gasteiger partial charge in [-0.1, -0.05) is 46.1 Å². The molecule has 0 saturated heterocycles. The maximum atomic E-state index is 4.20. The first-order valence-corrected chi connectivity index (χ1v) is 7.03. The van der Waals surface area contributed by atoms with Crippen molar-refractivity contribution >= 4 is 6.21 Å². The van der Waals surface area contributed by atoms with Crippen molar-refractivity contribution in [3.63, 3.8) is 0 Å². The number of nitrogens with zero attached hydrogens (tertiary/aromatic N) is 4. The van der Waals surface area contributed by atoms with E-state index in [2.05, 4.69) is 45.2 Å². The molecule has 5 heteroatoms. The van der Waals surface area contributed by atoms with E-state index in [1.54, 1.807) is 19.2 Å². The van der Waals surface area contributed by atoms with E-state index >= 15 is 0 Å². The maximum absolute atomic E-state index is 4.20. The van der Waals surface area contributed by atoms with Crippen LogP contribution < -0.4 is 5.32 Å². The van der Waals surface area contributed by atoms with Gasteiger partial charge in [0.05, 0.1) is 12.5 Å². The molecule has 0 aliphatic carbocycles. The van der Waals surface area contributed by atoms with Crippen LogP contribution in [0.2, 0.25) is 0 Å². The van der Waals surface area contributed by atoms with Crippen molar-refractivity contribution in [1.82, 2.24) is 20.1 Å². The third-order valence-corrected chi connectivity index (χ3v) is 2.60. The molecule has 2 heterocycles. The fraction of sp³-hybridized carbons (Fsp3) is 0.533. The summed E-state index contributed by atoms with van der Waals surface area (Å²) in [5.41, 5.74) is 0. The molecule has 1 atom stereocenters. The van der Waals surface area contributed by atoms with Crippen LogP contribution in [-0.2, 0) is 13.1 Å². The molecule has 0 fully saturated rings. The Bertz CT molecular complexity index is 414. The molecule has 2 rings (SSSR count). The summed E-state index contributed by atoms with van der Waals surface area (Å²) in [6.07, 6.45) is 5.18. The highest BCUT2D eigenvalue weighted by Crippen LogP contribution is 2.14. The molecule has 0 spiro atoms. The van der Waals surface area contributed by atoms with E-state index in [1.165, 1.54) is 0 Å². The highest BCUT2D eigenvalue weighted by atomic mass is 15.3. The summed E-state index contributed by atoms with van der Waals surface area (Å²) in [7, 11) is 1.78. The van der Waals surface area contributed by atoms with Crippen LogP contribution in [0, 0.1) is 0 Å². The highest BCUT2D eigenvalue weighted by Gasteiger charge is 2.18. The second kappa shape index (κ2) is 11.1. The van der Waals surface area contributed by atoms with Crippen LogP contribution in [-0.4, -0.2) is 34.6 Å². The van der Waals surface area contributed by atoms with Gasteiger partial charge in [-0.25, -0.2) is 0 Å². The van der Waals surface area contributed by atoms with Crippen molar-refractivity contribution in [3.8, 4) is 0 Å². The van der Waals surface area contributed by atoms with Gasteiger partial charge in [-0.15, -0.1) is 10.2 Å². The fourth-order valence-electron chi connectivity index (χ4n) is 1.74. The van der Waals surface area contributed by atoms with Gasteiger partial charge in [0.1, 0.15) is 11.6 Å². The normalized spacial score (nSPS) is 14.2. The zero-order valence-corrected chi connectivity index (χ0v) is 13.1. The molecule has 1 aromatic heterocycles. The smallest absolute Gasteiger partial charge is 0.147 e. The number of allylic oxidation sites excluding steroid dienone is 2. The summed E-state index contributed by atoms with van der Waals surface area (Å²) >= 11 is 0. The van der Waals surface area contributed by atoms with Gasteiger partial charge in [0.15, 0.2) is 0 Å². The van der Waals surface area contributed by atoms with Crippen molar-refractivity contribution in [3.05, 3.63) is 37.0 Å². The number of hydrogen-bond acceptors (Lipinski definition) is 4. The molecule has 1 unspecified atom stereocenters. The van der Waals surface area contributed by atoms with E-state index in [0.29, 0.717) is 0 Å². The number of nitrogens with one attached hydrogen (secondary N) is 1. The molecule has 1 N–H and O–H groups in total. The van der Waals surface area contributed by atoms with Crippen molar-refractivity contribution in [1.29, 1.82) is 0 Å². The first-order valence-electron chi connectivity index (χ1n) is 7.03. The summed E-state index contributed by atoms with van der Waals surface area (Å²) in [6, 6.07) is 0. The number of aliphatic imine (C=N–C) groups is 1. The molecule has 20 heavy (non-hydrogen) atoms. The molecule has 1 aliphatic rings. The molecule has 0 saturated carbocycles. The molecular weight excluding hydrogens is 250 g/mol. The van der Waals surface area contributed by atoms with Crippen molar-refractivity contribution in [2.75, 3.05) is 13.6 Å². The Labute approximate surface area is 122 Å². The van der Waals surface area contributed by atoms with Gasteiger partial charge in [0.2, 0.25) is 0 Å². The predicted molar refractivity (Wildman–Crippen MR) is 86.3 cm³/mol. The largest absolute Gasteiger partial charge is 0.312 e. The lowest BCUT2D eigenvalue weighted by Gasteiger charge is -2.17. The summed E-state index contributed by atoms with van der Waals surface area (Å²) in [6.45, 7) is 15.6. The quantitative estimate of drug-likeness (QED) is 0.682. The van der Waals surface area contributed by atoms with Gasteiger partial charge >= 0.3 is 0 Å². The van der Waals surface area contributed by atoms with Gasteiger partial charge in [0.25, 0.3) is 0 Å². The third-order valence-electron chi connectivity index (χ3n) is 2.60. The van der Waals surface area contributed by atoms with Crippen LogP contribution in [0.5, 0.6) is 0 Å². The van der Waals surface area contributed by atoms with Gasteiger partial charge in [-0.3, -0.25) is 0 Å². The van der Waals surface area contributed by atoms with Gasteiger partial charge in [-0.05, 0) is 0 Å². The Morgan fingerprint density at radius 3 is 2.50 bits per heavy atom. The van der Waals surface area contributed by atoms with Crippen LogP contribution in [0.4, 0.5) is 0 Å². The molecule has 5 nitrogen and oxygen atoms in total. The van der Waals surface area contributed by atoms with Crippen LogP contribution >= 0.6 is 0 Å². The molecular formula is C15H27N5. The van der Waals surface area contributed by atoms with E-state index in [4.69, 9.17) is 0 Å². The van der Waals surface area contributed by atoms with Crippen LogP contribution in [0.15, 0.2) is 30.3 Å². The predicted octanol–water partition coefficient (Wildman–Crippen LogP) is 2.57. The number of hydrogen-bond donors (Lipinski definition) is 1. The van der Waals surface area contributed by atoms with E-state index in [0.717, 1.165) is 31.3 Å². The SMILES string of the molecule is C=CC=C.CC.CN=CC(C)c1nnc2n1CCNC2. The Kier molecular flexibility index (Phi) is 10.1. The molecule has 0 radical (unpaired) electrons. The lowest BCUT2D eigenvalue weighted by atomic mass is 10.2.